The Labute approximate surface area is 159 Å². The first-order valence-corrected chi connectivity index (χ1v) is 8.78. The van der Waals surface area contributed by atoms with Gasteiger partial charge in [-0.05, 0) is 5.56 Å². The number of rotatable bonds is 7. The first-order valence-electron chi connectivity index (χ1n) is 8.04. The molecule has 2 aromatic heterocycles. The molecule has 136 valence electrons. The first kappa shape index (κ1) is 18.5. The van der Waals surface area contributed by atoms with Gasteiger partial charge in [0.05, 0.1) is 24.0 Å². The highest BCUT2D eigenvalue weighted by molar-refractivity contribution is 6.99. The Hall–Kier alpha value is -3.33. The molecule has 27 heavy (non-hydrogen) atoms. The molecule has 1 N–H and O–H groups in total. The van der Waals surface area contributed by atoms with Gasteiger partial charge in [0.2, 0.25) is 5.78 Å². The third-order valence-electron chi connectivity index (χ3n) is 3.76. The summed E-state index contributed by atoms with van der Waals surface area (Å²) < 4.78 is 8.11. The minimum absolute atomic E-state index is 0.0370. The van der Waals surface area contributed by atoms with Gasteiger partial charge in [-0.25, -0.2) is 0 Å². The fraction of sp³-hybridized carbons (Fsp3) is 0.167. The average molecular weight is 381 g/mol. The number of aromatic nitrogens is 4. The van der Waals surface area contributed by atoms with E-state index in [1.165, 1.54) is 25.5 Å². The summed E-state index contributed by atoms with van der Waals surface area (Å²) in [5.74, 6) is -1.89. The number of nitrogens with one attached hydrogen (secondary N) is 1. The smallest absolute Gasteiger partial charge is 0.274 e. The second kappa shape index (κ2) is 8.37. The number of Topliss-reactive ketones (excluding diaryl/α,β-unsaturated/α-hetero) is 2. The molecule has 1 unspecified atom stereocenters. The minimum Gasteiger partial charge on any atom is -0.340 e. The van der Waals surface area contributed by atoms with Gasteiger partial charge in [-0.2, -0.15) is 8.75 Å². The molecule has 2 heterocycles. The van der Waals surface area contributed by atoms with Crippen LogP contribution in [0.2, 0.25) is 0 Å². The molecule has 1 amide bonds. The normalized spacial score (nSPS) is 11.6. The van der Waals surface area contributed by atoms with Crippen LogP contribution in [0.25, 0.3) is 11.4 Å². The lowest BCUT2D eigenvalue weighted by molar-refractivity contribution is -0.136. The molecule has 0 aliphatic heterocycles. The van der Waals surface area contributed by atoms with E-state index in [0.717, 1.165) is 17.3 Å². The summed E-state index contributed by atoms with van der Waals surface area (Å²) in [5, 5.41) is 2.61. The molecular formula is C18H15N5O3S. The van der Waals surface area contributed by atoms with Crippen LogP contribution < -0.4 is 5.32 Å². The number of hydrogen-bond acceptors (Lipinski definition) is 8. The van der Waals surface area contributed by atoms with Gasteiger partial charge in [0, 0.05) is 25.7 Å². The van der Waals surface area contributed by atoms with E-state index >= 15 is 0 Å². The molecule has 0 aliphatic carbocycles. The molecule has 0 saturated carbocycles. The minimum atomic E-state index is -0.992. The SMILES string of the molecule is CC(=O)C(=O)C(Cc1ccccc1)NC(=O)c1nsnc1-c1cnccn1. The molecule has 0 saturated heterocycles. The Morgan fingerprint density at radius 3 is 2.56 bits per heavy atom. The summed E-state index contributed by atoms with van der Waals surface area (Å²) in [6, 6.07) is 8.14. The number of nitrogens with zero attached hydrogens (tertiary/aromatic N) is 4. The number of hydrogen-bond donors (Lipinski definition) is 1. The maximum Gasteiger partial charge on any atom is 0.274 e. The predicted octanol–water partition coefficient (Wildman–Crippen LogP) is 1.49. The van der Waals surface area contributed by atoms with Crippen molar-refractivity contribution >= 4 is 29.2 Å². The van der Waals surface area contributed by atoms with Crippen molar-refractivity contribution in [2.45, 2.75) is 19.4 Å². The molecule has 9 heteroatoms. The highest BCUT2D eigenvalue weighted by Crippen LogP contribution is 2.19. The van der Waals surface area contributed by atoms with Crippen molar-refractivity contribution in [2.75, 3.05) is 0 Å². The van der Waals surface area contributed by atoms with Crippen molar-refractivity contribution in [1.29, 1.82) is 0 Å². The van der Waals surface area contributed by atoms with Gasteiger partial charge in [-0.3, -0.25) is 24.4 Å². The second-order valence-electron chi connectivity index (χ2n) is 5.69. The highest BCUT2D eigenvalue weighted by atomic mass is 32.1. The van der Waals surface area contributed by atoms with Crippen LogP contribution in [-0.4, -0.2) is 42.2 Å². The maximum absolute atomic E-state index is 12.7. The van der Waals surface area contributed by atoms with Crippen LogP contribution in [0.1, 0.15) is 23.0 Å². The first-order chi connectivity index (χ1) is 13.1. The Kier molecular flexibility index (Phi) is 5.72. The fourth-order valence-corrected chi connectivity index (χ4v) is 3.01. The monoisotopic (exact) mass is 381 g/mol. The predicted molar refractivity (Wildman–Crippen MR) is 98.0 cm³/mol. The maximum atomic E-state index is 12.7. The summed E-state index contributed by atoms with van der Waals surface area (Å²) in [4.78, 5) is 44.7. The standard InChI is InChI=1S/C18H15N5O3S/c1-11(24)17(25)13(9-12-5-3-2-4-6-12)21-18(26)16-15(22-27-23-16)14-10-19-7-8-20-14/h2-8,10,13H,9H2,1H3,(H,21,26). The van der Waals surface area contributed by atoms with Crippen molar-refractivity contribution in [3.63, 3.8) is 0 Å². The lowest BCUT2D eigenvalue weighted by Gasteiger charge is -2.16. The van der Waals surface area contributed by atoms with E-state index < -0.39 is 23.5 Å². The topological polar surface area (TPSA) is 115 Å². The number of amides is 1. The van der Waals surface area contributed by atoms with E-state index in [1.807, 2.05) is 30.3 Å². The molecule has 1 aromatic carbocycles. The zero-order chi connectivity index (χ0) is 19.2. The van der Waals surface area contributed by atoms with E-state index in [-0.39, 0.29) is 17.8 Å². The van der Waals surface area contributed by atoms with E-state index in [1.54, 1.807) is 0 Å². The van der Waals surface area contributed by atoms with Crippen LogP contribution in [-0.2, 0) is 16.0 Å². The lowest BCUT2D eigenvalue weighted by Crippen LogP contribution is -2.45. The molecule has 8 nitrogen and oxygen atoms in total. The van der Waals surface area contributed by atoms with Crippen LogP contribution >= 0.6 is 11.7 Å². The van der Waals surface area contributed by atoms with Crippen molar-refractivity contribution in [2.24, 2.45) is 0 Å². The Morgan fingerprint density at radius 2 is 1.89 bits per heavy atom. The number of carbonyl (C=O) groups is 3. The van der Waals surface area contributed by atoms with Crippen molar-refractivity contribution in [3.05, 3.63) is 60.2 Å². The van der Waals surface area contributed by atoms with E-state index in [9.17, 15) is 14.4 Å². The van der Waals surface area contributed by atoms with Gasteiger partial charge >= 0.3 is 0 Å². The van der Waals surface area contributed by atoms with E-state index in [0.29, 0.717) is 5.69 Å². The molecule has 3 aromatic rings. The Balaban J connectivity index is 1.84. The van der Waals surface area contributed by atoms with Gasteiger partial charge < -0.3 is 5.32 Å². The largest absolute Gasteiger partial charge is 0.340 e. The summed E-state index contributed by atoms with van der Waals surface area (Å²) in [7, 11) is 0. The fourth-order valence-electron chi connectivity index (χ4n) is 2.46. The number of ketones is 2. The molecule has 0 spiro atoms. The highest BCUT2D eigenvalue weighted by Gasteiger charge is 2.27. The summed E-state index contributed by atoms with van der Waals surface area (Å²) in [5.41, 5.74) is 1.53. The van der Waals surface area contributed by atoms with Gasteiger partial charge in [0.25, 0.3) is 5.91 Å². The van der Waals surface area contributed by atoms with E-state index in [4.69, 9.17) is 0 Å². The molecule has 0 fully saturated rings. The Bertz CT molecular complexity index is 959. The van der Waals surface area contributed by atoms with Crippen LogP contribution in [0.3, 0.4) is 0 Å². The molecule has 3 rings (SSSR count). The van der Waals surface area contributed by atoms with Crippen LogP contribution in [0, 0.1) is 0 Å². The molecule has 0 aliphatic rings. The van der Waals surface area contributed by atoms with Crippen molar-refractivity contribution in [1.82, 2.24) is 24.0 Å². The van der Waals surface area contributed by atoms with Gasteiger partial charge in [-0.15, -0.1) is 0 Å². The number of benzene rings is 1. The summed E-state index contributed by atoms with van der Waals surface area (Å²) >= 11 is 0.855. The van der Waals surface area contributed by atoms with Gasteiger partial charge in [0.1, 0.15) is 11.4 Å². The van der Waals surface area contributed by atoms with Crippen LogP contribution in [0.4, 0.5) is 0 Å². The molecular weight excluding hydrogens is 366 g/mol. The average Bonchev–Trinajstić information content (AvgIpc) is 3.18. The van der Waals surface area contributed by atoms with Crippen LogP contribution in [0.15, 0.2) is 48.9 Å². The third-order valence-corrected chi connectivity index (χ3v) is 4.29. The van der Waals surface area contributed by atoms with Crippen LogP contribution in [0.5, 0.6) is 0 Å². The zero-order valence-electron chi connectivity index (χ0n) is 14.3. The molecule has 0 radical (unpaired) electrons. The molecule has 0 bridgehead atoms. The van der Waals surface area contributed by atoms with Gasteiger partial charge in [0.15, 0.2) is 11.5 Å². The van der Waals surface area contributed by atoms with Crippen molar-refractivity contribution < 1.29 is 14.4 Å². The van der Waals surface area contributed by atoms with Gasteiger partial charge in [-0.1, -0.05) is 30.3 Å². The summed E-state index contributed by atoms with van der Waals surface area (Å²) in [6.07, 6.45) is 4.65. The van der Waals surface area contributed by atoms with E-state index in [2.05, 4.69) is 24.0 Å². The quantitative estimate of drug-likeness (QED) is 0.617. The lowest BCUT2D eigenvalue weighted by atomic mass is 10.00. The molecule has 1 atom stereocenters. The Morgan fingerprint density at radius 1 is 1.11 bits per heavy atom. The zero-order valence-corrected chi connectivity index (χ0v) is 15.1. The number of carbonyl (C=O) groups excluding carboxylic acids is 3. The summed E-state index contributed by atoms with van der Waals surface area (Å²) in [6.45, 7) is 1.18. The second-order valence-corrected chi connectivity index (χ2v) is 6.22. The van der Waals surface area contributed by atoms with Crippen molar-refractivity contribution in [3.8, 4) is 11.4 Å². The third kappa shape index (κ3) is 4.45.